The minimum absolute atomic E-state index is 0.0219. The minimum atomic E-state index is -4.14. The topological polar surface area (TPSA) is 179 Å². The normalized spacial score (nSPS) is 19.9. The van der Waals surface area contributed by atoms with Crippen molar-refractivity contribution in [3.05, 3.63) is 51.7 Å². The molecule has 1 fully saturated rings. The smallest absolute Gasteiger partial charge is 0.435 e. The Bertz CT molecular complexity index is 1680. The molecule has 3 aromatic rings. The van der Waals surface area contributed by atoms with Crippen molar-refractivity contribution in [1.82, 2.24) is 23.5 Å². The molecule has 2 aliphatic heterocycles. The third-order valence-corrected chi connectivity index (χ3v) is 9.94. The molecule has 0 aliphatic carbocycles. The van der Waals surface area contributed by atoms with Gasteiger partial charge in [-0.1, -0.05) is 12.1 Å². The first-order valence-electron chi connectivity index (χ1n) is 13.3. The van der Waals surface area contributed by atoms with Crippen molar-refractivity contribution in [1.29, 1.82) is 0 Å². The summed E-state index contributed by atoms with van der Waals surface area (Å²) in [6.07, 6.45) is 2.69. The van der Waals surface area contributed by atoms with Crippen LogP contribution in [0.4, 0.5) is 4.79 Å². The van der Waals surface area contributed by atoms with Crippen molar-refractivity contribution in [2.45, 2.75) is 38.9 Å². The average Bonchev–Trinajstić information content (AvgIpc) is 3.60. The predicted octanol–water partition coefficient (Wildman–Crippen LogP) is 1.09. The number of hydrogen-bond donors (Lipinski definition) is 2. The Labute approximate surface area is 246 Å². The van der Waals surface area contributed by atoms with Gasteiger partial charge in [-0.25, -0.2) is 18.5 Å². The molecule has 2 aromatic heterocycles. The van der Waals surface area contributed by atoms with Gasteiger partial charge >= 0.3 is 22.3 Å². The molecule has 4 heterocycles. The Kier molecular flexibility index (Phi) is 8.32. The fourth-order valence-corrected chi connectivity index (χ4v) is 7.32. The average molecular weight is 618 g/mol. The van der Waals surface area contributed by atoms with Gasteiger partial charge in [-0.3, -0.25) is 4.79 Å². The van der Waals surface area contributed by atoms with Crippen molar-refractivity contribution < 1.29 is 32.3 Å². The molecule has 0 spiro atoms. The van der Waals surface area contributed by atoms with Crippen LogP contribution in [0.5, 0.6) is 0 Å². The number of benzene rings is 1. The molecule has 1 saturated heterocycles. The van der Waals surface area contributed by atoms with E-state index in [2.05, 4.69) is 20.0 Å². The van der Waals surface area contributed by atoms with Gasteiger partial charge in [0.2, 0.25) is 0 Å². The van der Waals surface area contributed by atoms with Crippen molar-refractivity contribution in [3.63, 3.8) is 0 Å². The van der Waals surface area contributed by atoms with Gasteiger partial charge in [-0.15, -0.1) is 11.3 Å². The molecule has 3 N–H and O–H groups in total. The molecule has 2 atom stereocenters. The molecule has 0 radical (unpaired) electrons. The number of hydrogen-bond acceptors (Lipinski definition) is 10. The maximum Gasteiger partial charge on any atom is 0.435 e. The third kappa shape index (κ3) is 5.74. The lowest BCUT2D eigenvalue weighted by Gasteiger charge is -2.38. The van der Waals surface area contributed by atoms with Crippen LogP contribution in [0.1, 0.15) is 39.8 Å². The molecule has 0 bridgehead atoms. The lowest BCUT2D eigenvalue weighted by Crippen LogP contribution is -2.60. The number of rotatable bonds is 6. The summed E-state index contributed by atoms with van der Waals surface area (Å²) in [5, 5.41) is 4.74. The predicted molar refractivity (Wildman–Crippen MR) is 155 cm³/mol. The monoisotopic (exact) mass is 617 g/mol. The largest absolute Gasteiger partial charge is 0.464 e. The zero-order valence-electron chi connectivity index (χ0n) is 23.3. The third-order valence-electron chi connectivity index (χ3n) is 7.13. The van der Waals surface area contributed by atoms with E-state index in [9.17, 15) is 22.8 Å². The van der Waals surface area contributed by atoms with E-state index in [0.717, 1.165) is 18.8 Å². The molecule has 2 unspecified atom stereocenters. The number of ether oxygens (including phenoxy) is 2. The number of nitrogens with two attached hydrogens (primary N) is 1. The number of piperazine rings is 1. The van der Waals surface area contributed by atoms with E-state index >= 15 is 0 Å². The fourth-order valence-electron chi connectivity index (χ4n) is 4.93. The standard InChI is InChI=1S/C26H31N7O7S2/c1-4-40-25(35)20-14-31(7-8-33(20)24(34)23-29-19-9-15(2)28-11-21(19)41-23)42(37,38)32-12-17-6-5-16(10-18(17)13-32)22(27)30-26(36)39-3/h5-6,10,12-13,15,20,28H,4,7-9,11,14H2,1-3H3,(H2,27,30,36). The van der Waals surface area contributed by atoms with E-state index in [0.29, 0.717) is 29.3 Å². The number of amides is 2. The summed E-state index contributed by atoms with van der Waals surface area (Å²) in [6.45, 7) is 4.04. The molecule has 16 heteroatoms. The van der Waals surface area contributed by atoms with Crippen molar-refractivity contribution >= 4 is 56.1 Å². The van der Waals surface area contributed by atoms with Gasteiger partial charge in [0.1, 0.15) is 11.9 Å². The highest BCUT2D eigenvalue weighted by Crippen LogP contribution is 2.27. The van der Waals surface area contributed by atoms with E-state index in [4.69, 9.17) is 10.5 Å². The van der Waals surface area contributed by atoms with Gasteiger partial charge in [0.25, 0.3) is 5.91 Å². The molecule has 42 heavy (non-hydrogen) atoms. The molecule has 0 saturated carbocycles. The summed E-state index contributed by atoms with van der Waals surface area (Å²) in [6, 6.07) is 3.95. The Balaban J connectivity index is 1.39. The number of nitrogens with zero attached hydrogens (tertiary/aromatic N) is 5. The quantitative estimate of drug-likeness (QED) is 0.231. The van der Waals surface area contributed by atoms with Gasteiger partial charge in [-0.05, 0) is 19.9 Å². The second kappa shape index (κ2) is 11.8. The number of aromatic nitrogens is 2. The van der Waals surface area contributed by atoms with Crippen LogP contribution in [0, 0.1) is 0 Å². The lowest BCUT2D eigenvalue weighted by atomic mass is 10.1. The number of thiazole rings is 1. The Morgan fingerprint density at radius 1 is 1.21 bits per heavy atom. The van der Waals surface area contributed by atoms with E-state index in [1.807, 2.05) is 6.92 Å². The molecule has 2 amide bonds. The minimum Gasteiger partial charge on any atom is -0.464 e. The van der Waals surface area contributed by atoms with Crippen LogP contribution in [0.3, 0.4) is 0 Å². The van der Waals surface area contributed by atoms with Crippen LogP contribution in [-0.4, -0.2) is 95.8 Å². The van der Waals surface area contributed by atoms with Crippen LogP contribution in [0.2, 0.25) is 0 Å². The molecular weight excluding hydrogens is 586 g/mol. The molecular formula is C26H31N7O7S2. The number of methoxy groups -OCH3 is 1. The summed E-state index contributed by atoms with van der Waals surface area (Å²) >= 11 is 1.28. The number of amidine groups is 1. The Hall–Kier alpha value is -3.86. The molecule has 2 aliphatic rings. The van der Waals surface area contributed by atoms with Gasteiger partial charge in [0, 0.05) is 72.2 Å². The summed E-state index contributed by atoms with van der Waals surface area (Å²) in [5.74, 6) is -1.20. The van der Waals surface area contributed by atoms with Crippen LogP contribution < -0.4 is 11.1 Å². The maximum atomic E-state index is 13.7. The number of esters is 1. The van der Waals surface area contributed by atoms with Crippen LogP contribution in [-0.2, 0) is 37.4 Å². The van der Waals surface area contributed by atoms with E-state index in [1.54, 1.807) is 25.1 Å². The second-order valence-electron chi connectivity index (χ2n) is 9.91. The van der Waals surface area contributed by atoms with Crippen molar-refractivity contribution in [2.24, 2.45) is 10.7 Å². The highest BCUT2D eigenvalue weighted by Gasteiger charge is 2.42. The van der Waals surface area contributed by atoms with Crippen LogP contribution in [0.15, 0.2) is 35.6 Å². The van der Waals surface area contributed by atoms with Crippen molar-refractivity contribution in [3.8, 4) is 0 Å². The highest BCUT2D eigenvalue weighted by atomic mass is 32.2. The summed E-state index contributed by atoms with van der Waals surface area (Å²) < 4.78 is 39.3. The molecule has 14 nitrogen and oxygen atoms in total. The summed E-state index contributed by atoms with van der Waals surface area (Å²) in [7, 11) is -2.96. The first-order chi connectivity index (χ1) is 20.0. The SMILES string of the molecule is CCOC(=O)C1CN(S(=O)(=O)n2cc3ccc(/C(N)=N\C(=O)OC)cc3c2)CCN1C(=O)c1nc2c(s1)CNC(C)C2. The molecule has 224 valence electrons. The molecule has 1 aromatic carbocycles. The summed E-state index contributed by atoms with van der Waals surface area (Å²) in [4.78, 5) is 48.5. The second-order valence-corrected chi connectivity index (χ2v) is 12.8. The molecule has 5 rings (SSSR count). The van der Waals surface area contributed by atoms with Gasteiger partial charge < -0.3 is 25.4 Å². The first-order valence-corrected chi connectivity index (χ1v) is 15.5. The van der Waals surface area contributed by atoms with E-state index in [-0.39, 0.29) is 43.1 Å². The van der Waals surface area contributed by atoms with E-state index < -0.39 is 34.2 Å². The van der Waals surface area contributed by atoms with E-state index in [1.165, 1.54) is 35.7 Å². The van der Waals surface area contributed by atoms with Crippen LogP contribution in [0.25, 0.3) is 10.8 Å². The number of fused-ring (bicyclic) bond motifs is 2. The maximum absolute atomic E-state index is 13.7. The summed E-state index contributed by atoms with van der Waals surface area (Å²) in [5.41, 5.74) is 7.16. The highest BCUT2D eigenvalue weighted by molar-refractivity contribution is 7.87. The van der Waals surface area contributed by atoms with Crippen LogP contribution >= 0.6 is 11.3 Å². The van der Waals surface area contributed by atoms with Gasteiger partial charge in [-0.2, -0.15) is 17.7 Å². The van der Waals surface area contributed by atoms with Gasteiger partial charge in [0.05, 0.1) is 19.4 Å². The lowest BCUT2D eigenvalue weighted by molar-refractivity contribution is -0.149. The van der Waals surface area contributed by atoms with Crippen molar-refractivity contribution in [2.75, 3.05) is 33.4 Å². The Morgan fingerprint density at radius 2 is 1.98 bits per heavy atom. The zero-order valence-corrected chi connectivity index (χ0v) is 24.9. The zero-order chi connectivity index (χ0) is 30.2. The fraction of sp³-hybridized carbons (Fsp3) is 0.423. The Morgan fingerprint density at radius 3 is 2.71 bits per heavy atom. The first kappa shape index (κ1) is 29.6. The number of aliphatic imine (C=N–C) groups is 1. The number of carbonyl (C=O) groups excluding carboxylic acids is 3. The number of nitrogens with one attached hydrogen (secondary N) is 1. The number of carbonyl (C=O) groups is 3. The van der Waals surface area contributed by atoms with Gasteiger partial charge in [0.15, 0.2) is 5.01 Å².